The predicted octanol–water partition coefficient (Wildman–Crippen LogP) is 2.17. The number of carbonyl (C=O) groups is 2. The average Bonchev–Trinajstić information content (AvgIpc) is 2.22. The Morgan fingerprint density at radius 1 is 1.56 bits per heavy atom. The van der Waals surface area contributed by atoms with Crippen molar-refractivity contribution in [2.45, 2.75) is 0 Å². The molecule has 0 aliphatic rings. The van der Waals surface area contributed by atoms with E-state index in [1.807, 2.05) is 0 Å². The molecule has 86 valence electrons. The highest BCUT2D eigenvalue weighted by Gasteiger charge is 2.22. The molecule has 1 aromatic carbocycles. The highest BCUT2D eigenvalue weighted by Crippen LogP contribution is 2.33. The van der Waals surface area contributed by atoms with Crippen molar-refractivity contribution in [2.75, 3.05) is 12.8 Å². The number of methoxy groups -OCH3 is 1. The third-order valence-corrected chi connectivity index (χ3v) is 2.90. The van der Waals surface area contributed by atoms with Gasteiger partial charge in [-0.05, 0) is 22.0 Å². The molecule has 0 saturated carbocycles. The van der Waals surface area contributed by atoms with Gasteiger partial charge < -0.3 is 15.6 Å². The van der Waals surface area contributed by atoms with E-state index >= 15 is 0 Å². The monoisotopic (exact) mass is 307 g/mol. The molecule has 0 fully saturated rings. The van der Waals surface area contributed by atoms with E-state index in [4.69, 9.17) is 22.4 Å². The van der Waals surface area contributed by atoms with Crippen LogP contribution < -0.4 is 5.73 Å². The lowest BCUT2D eigenvalue weighted by Crippen LogP contribution is -2.09. The second-order valence-electron chi connectivity index (χ2n) is 2.81. The van der Waals surface area contributed by atoms with E-state index in [1.54, 1.807) is 0 Å². The second kappa shape index (κ2) is 4.71. The summed E-state index contributed by atoms with van der Waals surface area (Å²) >= 11 is 8.78. The molecule has 7 heteroatoms. The lowest BCUT2D eigenvalue weighted by Gasteiger charge is -2.09. The topological polar surface area (TPSA) is 89.6 Å². The Kier molecular flexibility index (Phi) is 3.77. The van der Waals surface area contributed by atoms with Crippen molar-refractivity contribution in [1.29, 1.82) is 0 Å². The molecule has 0 aliphatic carbocycles. The fraction of sp³-hybridized carbons (Fsp3) is 0.111. The van der Waals surface area contributed by atoms with Crippen LogP contribution in [0.3, 0.4) is 0 Å². The van der Waals surface area contributed by atoms with Crippen LogP contribution >= 0.6 is 27.5 Å². The zero-order chi connectivity index (χ0) is 12.5. The molecule has 0 radical (unpaired) electrons. The molecule has 5 nitrogen and oxygen atoms in total. The molecular weight excluding hydrogens is 301 g/mol. The van der Waals surface area contributed by atoms with Crippen LogP contribution in [-0.2, 0) is 4.74 Å². The van der Waals surface area contributed by atoms with Crippen LogP contribution in [0.1, 0.15) is 20.7 Å². The van der Waals surface area contributed by atoms with Crippen molar-refractivity contribution in [3.63, 3.8) is 0 Å². The summed E-state index contributed by atoms with van der Waals surface area (Å²) < 4.78 is 4.65. The number of hydrogen-bond acceptors (Lipinski definition) is 4. The van der Waals surface area contributed by atoms with Crippen LogP contribution in [0, 0.1) is 0 Å². The molecule has 0 saturated heterocycles. The van der Waals surface area contributed by atoms with E-state index in [2.05, 4.69) is 20.7 Å². The van der Waals surface area contributed by atoms with Gasteiger partial charge in [-0.15, -0.1) is 0 Å². The summed E-state index contributed by atoms with van der Waals surface area (Å²) in [5.74, 6) is -1.92. The largest absolute Gasteiger partial charge is 0.478 e. The molecule has 0 spiro atoms. The number of rotatable bonds is 2. The SMILES string of the molecule is COC(=O)c1cc(Br)c(C(=O)O)c(N)c1Cl. The number of ether oxygens (including phenoxy) is 1. The summed E-state index contributed by atoms with van der Waals surface area (Å²) in [7, 11) is 1.19. The van der Waals surface area contributed by atoms with E-state index in [0.29, 0.717) is 0 Å². The maximum absolute atomic E-state index is 11.3. The molecule has 0 amide bonds. The van der Waals surface area contributed by atoms with Crippen molar-refractivity contribution in [2.24, 2.45) is 0 Å². The van der Waals surface area contributed by atoms with Gasteiger partial charge >= 0.3 is 11.9 Å². The van der Waals surface area contributed by atoms with Crippen LogP contribution in [0.5, 0.6) is 0 Å². The molecular formula is C9H7BrClNO4. The van der Waals surface area contributed by atoms with Crippen LogP contribution in [0.25, 0.3) is 0 Å². The first kappa shape index (κ1) is 12.8. The maximum Gasteiger partial charge on any atom is 0.339 e. The summed E-state index contributed by atoms with van der Waals surface area (Å²) in [6.45, 7) is 0. The van der Waals surface area contributed by atoms with E-state index in [-0.39, 0.29) is 26.3 Å². The number of benzene rings is 1. The Hall–Kier alpha value is -1.27. The first-order valence-corrected chi connectivity index (χ1v) is 5.16. The Balaban J connectivity index is 3.51. The molecule has 1 aromatic rings. The smallest absolute Gasteiger partial charge is 0.339 e. The fourth-order valence-electron chi connectivity index (χ4n) is 1.12. The summed E-state index contributed by atoms with van der Waals surface area (Å²) in [6, 6.07) is 1.26. The van der Waals surface area contributed by atoms with Crippen LogP contribution in [0.4, 0.5) is 5.69 Å². The molecule has 0 bridgehead atoms. The van der Waals surface area contributed by atoms with Crippen molar-refractivity contribution in [3.05, 3.63) is 26.7 Å². The van der Waals surface area contributed by atoms with Crippen molar-refractivity contribution in [3.8, 4) is 0 Å². The highest BCUT2D eigenvalue weighted by atomic mass is 79.9. The maximum atomic E-state index is 11.3. The number of carboxylic acids is 1. The van der Waals surface area contributed by atoms with Gasteiger partial charge in [0.2, 0.25) is 0 Å². The third kappa shape index (κ3) is 2.12. The minimum absolute atomic E-state index is 0.0125. The zero-order valence-corrected chi connectivity index (χ0v) is 10.4. The van der Waals surface area contributed by atoms with E-state index in [1.165, 1.54) is 13.2 Å². The first-order chi connectivity index (χ1) is 7.40. The van der Waals surface area contributed by atoms with Crippen molar-refractivity contribution in [1.82, 2.24) is 0 Å². The first-order valence-electron chi connectivity index (χ1n) is 3.99. The molecule has 0 heterocycles. The molecule has 0 aliphatic heterocycles. The minimum Gasteiger partial charge on any atom is -0.478 e. The van der Waals surface area contributed by atoms with Crippen molar-refractivity contribution >= 4 is 45.2 Å². The Morgan fingerprint density at radius 3 is 2.56 bits per heavy atom. The van der Waals surface area contributed by atoms with Crippen molar-refractivity contribution < 1.29 is 19.4 Å². The summed E-state index contributed by atoms with van der Waals surface area (Å²) in [5.41, 5.74) is 5.18. The van der Waals surface area contributed by atoms with Gasteiger partial charge in [0, 0.05) is 4.47 Å². The van der Waals surface area contributed by atoms with Gasteiger partial charge in [-0.1, -0.05) is 11.6 Å². The predicted molar refractivity (Wildman–Crippen MR) is 61.9 cm³/mol. The lowest BCUT2D eigenvalue weighted by molar-refractivity contribution is 0.0598. The number of carboxylic acid groups (broad SMARTS) is 1. The number of anilines is 1. The summed E-state index contributed by atoms with van der Waals surface area (Å²) in [4.78, 5) is 22.2. The highest BCUT2D eigenvalue weighted by molar-refractivity contribution is 9.10. The van der Waals surface area contributed by atoms with Gasteiger partial charge in [-0.3, -0.25) is 0 Å². The average molecular weight is 309 g/mol. The molecule has 3 N–H and O–H groups in total. The quantitative estimate of drug-likeness (QED) is 0.645. The summed E-state index contributed by atoms with van der Waals surface area (Å²) in [5, 5.41) is 8.74. The van der Waals surface area contributed by atoms with Gasteiger partial charge in [0.05, 0.1) is 28.9 Å². The van der Waals surface area contributed by atoms with Gasteiger partial charge in [0.1, 0.15) is 0 Å². The number of halogens is 2. The molecule has 0 unspecified atom stereocenters. The Morgan fingerprint density at radius 2 is 2.12 bits per heavy atom. The van der Waals surface area contributed by atoms with E-state index < -0.39 is 11.9 Å². The van der Waals surface area contributed by atoms with Gasteiger partial charge in [-0.2, -0.15) is 0 Å². The van der Waals surface area contributed by atoms with E-state index in [9.17, 15) is 9.59 Å². The zero-order valence-electron chi connectivity index (χ0n) is 8.08. The van der Waals surface area contributed by atoms with Gasteiger partial charge in [-0.25, -0.2) is 9.59 Å². The minimum atomic E-state index is -1.23. The normalized spacial score (nSPS) is 9.94. The molecule has 16 heavy (non-hydrogen) atoms. The number of esters is 1. The second-order valence-corrected chi connectivity index (χ2v) is 4.04. The molecule has 0 atom stereocenters. The number of carbonyl (C=O) groups excluding carboxylic acids is 1. The molecule has 0 aromatic heterocycles. The van der Waals surface area contributed by atoms with Crippen LogP contribution in [0.15, 0.2) is 10.5 Å². The number of aromatic carboxylic acids is 1. The standard InChI is InChI=1S/C9H7BrClNO4/c1-16-9(15)3-2-4(10)5(8(13)14)7(12)6(3)11/h2H,12H2,1H3,(H,13,14). The number of hydrogen-bond donors (Lipinski definition) is 2. The number of nitrogen functional groups attached to an aromatic ring is 1. The van der Waals surface area contributed by atoms with Crippen LogP contribution in [-0.4, -0.2) is 24.2 Å². The Labute approximate surface area is 104 Å². The Bertz CT molecular complexity index is 475. The number of nitrogens with two attached hydrogens (primary N) is 1. The van der Waals surface area contributed by atoms with Gasteiger partial charge in [0.15, 0.2) is 0 Å². The fourth-order valence-corrected chi connectivity index (χ4v) is 1.96. The molecule has 1 rings (SSSR count). The van der Waals surface area contributed by atoms with Crippen LogP contribution in [0.2, 0.25) is 5.02 Å². The third-order valence-electron chi connectivity index (χ3n) is 1.87. The summed E-state index contributed by atoms with van der Waals surface area (Å²) in [6.07, 6.45) is 0. The lowest BCUT2D eigenvalue weighted by atomic mass is 10.1. The van der Waals surface area contributed by atoms with Gasteiger partial charge in [0.25, 0.3) is 0 Å². The van der Waals surface area contributed by atoms with E-state index in [0.717, 1.165) is 0 Å².